The number of pyridine rings is 1. The van der Waals surface area contributed by atoms with Crippen molar-refractivity contribution in [2.24, 2.45) is 5.10 Å². The molecule has 1 amide bonds. The van der Waals surface area contributed by atoms with Gasteiger partial charge in [0.25, 0.3) is 5.91 Å². The molecule has 8 heteroatoms. The first-order valence-electron chi connectivity index (χ1n) is 8.47. The molecule has 0 aliphatic rings. The summed E-state index contributed by atoms with van der Waals surface area (Å²) < 4.78 is 10.7. The molecule has 0 unspecified atom stereocenters. The van der Waals surface area contributed by atoms with Gasteiger partial charge in [-0.1, -0.05) is 29.8 Å². The van der Waals surface area contributed by atoms with Gasteiger partial charge in [0.2, 0.25) is 0 Å². The summed E-state index contributed by atoms with van der Waals surface area (Å²) in [6.45, 7) is 0. The van der Waals surface area contributed by atoms with Gasteiger partial charge >= 0.3 is 5.97 Å². The van der Waals surface area contributed by atoms with Crippen LogP contribution in [0.5, 0.6) is 11.5 Å². The smallest absolute Gasteiger partial charge is 0.345 e. The fraction of sp³-hybridized carbons (Fsp3) is 0.0476. The molecule has 3 aromatic rings. The van der Waals surface area contributed by atoms with Gasteiger partial charge in [0.1, 0.15) is 5.69 Å². The van der Waals surface area contributed by atoms with E-state index in [4.69, 9.17) is 21.1 Å². The lowest BCUT2D eigenvalue weighted by Gasteiger charge is -2.10. The van der Waals surface area contributed by atoms with Gasteiger partial charge in [0, 0.05) is 6.20 Å². The van der Waals surface area contributed by atoms with Crippen molar-refractivity contribution < 1.29 is 19.1 Å². The van der Waals surface area contributed by atoms with Gasteiger partial charge in [0.05, 0.1) is 23.9 Å². The highest BCUT2D eigenvalue weighted by Crippen LogP contribution is 2.29. The molecule has 0 radical (unpaired) electrons. The second-order valence-electron chi connectivity index (χ2n) is 5.69. The lowest BCUT2D eigenvalue weighted by Crippen LogP contribution is -2.18. The third-order valence-electron chi connectivity index (χ3n) is 3.76. The van der Waals surface area contributed by atoms with Crippen LogP contribution in [0.4, 0.5) is 0 Å². The number of ether oxygens (including phenoxy) is 2. The molecule has 29 heavy (non-hydrogen) atoms. The Balaban J connectivity index is 1.69. The first kappa shape index (κ1) is 20.0. The molecular formula is C21H16ClN3O4. The number of halogens is 1. The van der Waals surface area contributed by atoms with E-state index in [0.717, 1.165) is 0 Å². The number of amides is 1. The summed E-state index contributed by atoms with van der Waals surface area (Å²) in [5.41, 5.74) is 3.52. The van der Waals surface area contributed by atoms with Crippen molar-refractivity contribution >= 4 is 29.7 Å². The zero-order chi connectivity index (χ0) is 20.6. The molecule has 1 aromatic heterocycles. The Labute approximate surface area is 171 Å². The summed E-state index contributed by atoms with van der Waals surface area (Å²) in [4.78, 5) is 28.2. The SMILES string of the molecule is COc1cc(C=NNC(=O)c2ccccn2)ccc1OC(=O)c1ccccc1Cl. The summed E-state index contributed by atoms with van der Waals surface area (Å²) in [6, 6.07) is 16.4. The molecule has 0 aliphatic heterocycles. The van der Waals surface area contributed by atoms with Crippen LogP contribution in [-0.4, -0.2) is 30.2 Å². The fourth-order valence-corrected chi connectivity index (χ4v) is 2.56. The van der Waals surface area contributed by atoms with Crippen LogP contribution in [0.1, 0.15) is 26.4 Å². The Hall–Kier alpha value is -3.71. The zero-order valence-electron chi connectivity index (χ0n) is 15.3. The number of aromatic nitrogens is 1. The maximum absolute atomic E-state index is 12.3. The highest BCUT2D eigenvalue weighted by molar-refractivity contribution is 6.33. The molecule has 7 nitrogen and oxygen atoms in total. The average Bonchev–Trinajstić information content (AvgIpc) is 2.75. The predicted octanol–water partition coefficient (Wildman–Crippen LogP) is 3.73. The molecule has 0 fully saturated rings. The molecule has 0 spiro atoms. The van der Waals surface area contributed by atoms with E-state index in [1.807, 2.05) is 0 Å². The summed E-state index contributed by atoms with van der Waals surface area (Å²) in [6.07, 6.45) is 2.95. The second kappa shape index (κ2) is 9.48. The van der Waals surface area contributed by atoms with Crippen LogP contribution in [0.3, 0.4) is 0 Å². The number of carbonyl (C=O) groups is 2. The Morgan fingerprint density at radius 2 is 1.86 bits per heavy atom. The molecular weight excluding hydrogens is 394 g/mol. The van der Waals surface area contributed by atoms with Crippen LogP contribution in [0.2, 0.25) is 5.02 Å². The number of hydrazone groups is 1. The van der Waals surface area contributed by atoms with Crippen molar-refractivity contribution in [2.45, 2.75) is 0 Å². The molecule has 0 saturated carbocycles. The second-order valence-corrected chi connectivity index (χ2v) is 6.10. The Bertz CT molecular complexity index is 1050. The van der Waals surface area contributed by atoms with Crippen LogP contribution < -0.4 is 14.9 Å². The topological polar surface area (TPSA) is 89.9 Å². The molecule has 3 rings (SSSR count). The minimum absolute atomic E-state index is 0.229. The van der Waals surface area contributed by atoms with Crippen LogP contribution >= 0.6 is 11.6 Å². The molecule has 1 N–H and O–H groups in total. The molecule has 0 atom stereocenters. The summed E-state index contributed by atoms with van der Waals surface area (Å²) in [5, 5.41) is 4.19. The number of benzene rings is 2. The van der Waals surface area contributed by atoms with Gasteiger partial charge < -0.3 is 9.47 Å². The Kier molecular flexibility index (Phi) is 6.55. The predicted molar refractivity (Wildman–Crippen MR) is 109 cm³/mol. The van der Waals surface area contributed by atoms with Crippen LogP contribution in [-0.2, 0) is 0 Å². The number of methoxy groups -OCH3 is 1. The van der Waals surface area contributed by atoms with E-state index in [1.165, 1.54) is 19.5 Å². The lowest BCUT2D eigenvalue weighted by atomic mass is 10.2. The van der Waals surface area contributed by atoms with E-state index in [1.54, 1.807) is 60.7 Å². The van der Waals surface area contributed by atoms with Gasteiger partial charge in [-0.15, -0.1) is 0 Å². The largest absolute Gasteiger partial charge is 0.493 e. The molecule has 0 bridgehead atoms. The molecule has 146 valence electrons. The van der Waals surface area contributed by atoms with E-state index in [2.05, 4.69) is 15.5 Å². The van der Waals surface area contributed by atoms with Crippen molar-refractivity contribution in [1.82, 2.24) is 10.4 Å². The first-order chi connectivity index (χ1) is 14.1. The van der Waals surface area contributed by atoms with E-state index >= 15 is 0 Å². The minimum Gasteiger partial charge on any atom is -0.493 e. The highest BCUT2D eigenvalue weighted by atomic mass is 35.5. The zero-order valence-corrected chi connectivity index (χ0v) is 16.1. The van der Waals surface area contributed by atoms with Crippen molar-refractivity contribution in [3.8, 4) is 11.5 Å². The summed E-state index contributed by atoms with van der Waals surface area (Å²) in [5.74, 6) is -0.477. The maximum atomic E-state index is 12.3. The van der Waals surface area contributed by atoms with Gasteiger partial charge in [0.15, 0.2) is 11.5 Å². The van der Waals surface area contributed by atoms with Crippen molar-refractivity contribution in [2.75, 3.05) is 7.11 Å². The highest BCUT2D eigenvalue weighted by Gasteiger charge is 2.15. The molecule has 1 heterocycles. The Morgan fingerprint density at radius 3 is 2.59 bits per heavy atom. The lowest BCUT2D eigenvalue weighted by molar-refractivity contribution is 0.0729. The Morgan fingerprint density at radius 1 is 1.07 bits per heavy atom. The standard InChI is InChI=1S/C21H16ClN3O4/c1-28-19-12-14(13-24-25-20(26)17-8-4-5-11-23-17)9-10-18(19)29-21(27)15-6-2-3-7-16(15)22/h2-13H,1H3,(H,25,26). The first-order valence-corrected chi connectivity index (χ1v) is 8.85. The van der Waals surface area contributed by atoms with E-state index < -0.39 is 11.9 Å². The minimum atomic E-state index is -0.599. The quantitative estimate of drug-likeness (QED) is 0.290. The molecule has 0 saturated heterocycles. The summed E-state index contributed by atoms with van der Waals surface area (Å²) in [7, 11) is 1.45. The van der Waals surface area contributed by atoms with Crippen molar-refractivity contribution in [3.05, 3.63) is 88.7 Å². The van der Waals surface area contributed by atoms with Gasteiger partial charge in [-0.2, -0.15) is 5.10 Å². The number of hydrogen-bond donors (Lipinski definition) is 1. The van der Waals surface area contributed by atoms with Crippen LogP contribution in [0.25, 0.3) is 0 Å². The van der Waals surface area contributed by atoms with E-state index in [-0.39, 0.29) is 17.0 Å². The van der Waals surface area contributed by atoms with Crippen LogP contribution in [0, 0.1) is 0 Å². The average molecular weight is 410 g/mol. The third-order valence-corrected chi connectivity index (χ3v) is 4.09. The van der Waals surface area contributed by atoms with Crippen LogP contribution in [0.15, 0.2) is 72.0 Å². The fourth-order valence-electron chi connectivity index (χ4n) is 2.35. The van der Waals surface area contributed by atoms with Crippen molar-refractivity contribution in [1.29, 1.82) is 0 Å². The molecule has 2 aromatic carbocycles. The van der Waals surface area contributed by atoms with E-state index in [0.29, 0.717) is 16.3 Å². The number of carbonyl (C=O) groups excluding carboxylic acids is 2. The monoisotopic (exact) mass is 409 g/mol. The van der Waals surface area contributed by atoms with Gasteiger partial charge in [-0.3, -0.25) is 9.78 Å². The molecule has 0 aliphatic carbocycles. The normalized spacial score (nSPS) is 10.6. The summed E-state index contributed by atoms with van der Waals surface area (Å²) >= 11 is 6.02. The number of nitrogens with zero attached hydrogens (tertiary/aromatic N) is 2. The van der Waals surface area contributed by atoms with Gasteiger partial charge in [-0.25, -0.2) is 10.2 Å². The van der Waals surface area contributed by atoms with Gasteiger partial charge in [-0.05, 0) is 48.0 Å². The van der Waals surface area contributed by atoms with E-state index in [9.17, 15) is 9.59 Å². The third kappa shape index (κ3) is 5.18. The maximum Gasteiger partial charge on any atom is 0.345 e. The number of esters is 1. The van der Waals surface area contributed by atoms with Crippen molar-refractivity contribution in [3.63, 3.8) is 0 Å². The number of rotatable bonds is 6. The number of hydrogen-bond acceptors (Lipinski definition) is 6. The number of nitrogens with one attached hydrogen (secondary N) is 1.